The molecule has 0 spiro atoms. The maximum atomic E-state index is 12.9. The summed E-state index contributed by atoms with van der Waals surface area (Å²) in [6.07, 6.45) is 3.22. The van der Waals surface area contributed by atoms with E-state index in [-0.39, 0.29) is 17.7 Å². The Hall–Kier alpha value is -3.16. The fourth-order valence-electron chi connectivity index (χ4n) is 4.30. The molecule has 2 aliphatic rings. The highest BCUT2D eigenvalue weighted by Crippen LogP contribution is 2.27. The van der Waals surface area contributed by atoms with Gasteiger partial charge in [-0.05, 0) is 37.1 Å². The van der Waals surface area contributed by atoms with Crippen molar-refractivity contribution in [3.63, 3.8) is 0 Å². The van der Waals surface area contributed by atoms with E-state index in [4.69, 9.17) is 4.74 Å². The molecule has 2 aromatic rings. The van der Waals surface area contributed by atoms with Gasteiger partial charge in [0, 0.05) is 63.7 Å². The fraction of sp³-hybridized carbons (Fsp3) is 0.478. The Morgan fingerprint density at radius 2 is 1.58 bits per heavy atom. The number of nitrogens with zero attached hydrogens (tertiary/aromatic N) is 5. The van der Waals surface area contributed by atoms with E-state index in [0.717, 1.165) is 48.8 Å². The lowest BCUT2D eigenvalue weighted by atomic mass is 9.95. The zero-order valence-electron chi connectivity index (χ0n) is 18.2. The number of aromatic nitrogens is 2. The molecule has 3 heterocycles. The Morgan fingerprint density at radius 3 is 2.19 bits per heavy atom. The van der Waals surface area contributed by atoms with E-state index in [1.54, 1.807) is 20.4 Å². The monoisotopic (exact) mass is 423 g/mol. The average Bonchev–Trinajstić information content (AvgIpc) is 2.84. The predicted octanol–water partition coefficient (Wildman–Crippen LogP) is 2.06. The molecular weight excluding hydrogens is 394 g/mol. The van der Waals surface area contributed by atoms with Crippen LogP contribution in [0.3, 0.4) is 0 Å². The van der Waals surface area contributed by atoms with Crippen LogP contribution in [-0.2, 0) is 9.59 Å². The van der Waals surface area contributed by atoms with E-state index in [0.29, 0.717) is 26.2 Å². The van der Waals surface area contributed by atoms with Gasteiger partial charge in [-0.15, -0.1) is 0 Å². The summed E-state index contributed by atoms with van der Waals surface area (Å²) >= 11 is 0. The van der Waals surface area contributed by atoms with Crippen LogP contribution in [0.25, 0.3) is 11.3 Å². The topological polar surface area (TPSA) is 78.9 Å². The second-order valence-corrected chi connectivity index (χ2v) is 8.08. The van der Waals surface area contributed by atoms with Crippen molar-refractivity contribution >= 4 is 17.6 Å². The maximum absolute atomic E-state index is 12.9. The molecular formula is C23H29N5O3. The number of hydrogen-bond acceptors (Lipinski definition) is 6. The predicted molar refractivity (Wildman–Crippen MR) is 118 cm³/mol. The normalized spacial score (nSPS) is 17.5. The molecule has 4 rings (SSSR count). The highest BCUT2D eigenvalue weighted by Gasteiger charge is 2.31. The lowest BCUT2D eigenvalue weighted by molar-refractivity contribution is -0.141. The number of amides is 2. The molecule has 1 aromatic carbocycles. The zero-order chi connectivity index (χ0) is 21.8. The minimum atomic E-state index is 0.0445. The van der Waals surface area contributed by atoms with E-state index >= 15 is 0 Å². The number of piperazine rings is 1. The highest BCUT2D eigenvalue weighted by molar-refractivity contribution is 5.80. The Bertz CT molecular complexity index is 917. The van der Waals surface area contributed by atoms with Crippen LogP contribution in [0.1, 0.15) is 19.8 Å². The summed E-state index contributed by atoms with van der Waals surface area (Å²) in [7, 11) is 1.65. The quantitative estimate of drug-likeness (QED) is 0.749. The first-order valence-corrected chi connectivity index (χ1v) is 10.8. The van der Waals surface area contributed by atoms with Crippen LogP contribution in [0.15, 0.2) is 36.7 Å². The van der Waals surface area contributed by atoms with E-state index < -0.39 is 0 Å². The average molecular weight is 424 g/mol. The van der Waals surface area contributed by atoms with Gasteiger partial charge in [-0.2, -0.15) is 0 Å². The number of ether oxygens (including phenoxy) is 1. The lowest BCUT2D eigenvalue weighted by Gasteiger charge is -2.38. The third-order valence-corrected chi connectivity index (χ3v) is 6.24. The van der Waals surface area contributed by atoms with Crippen molar-refractivity contribution < 1.29 is 14.3 Å². The summed E-state index contributed by atoms with van der Waals surface area (Å²) in [6, 6.07) is 9.82. The van der Waals surface area contributed by atoms with Crippen LogP contribution in [0.5, 0.6) is 5.75 Å². The zero-order valence-corrected chi connectivity index (χ0v) is 18.2. The Balaban J connectivity index is 1.34. The third kappa shape index (κ3) is 4.78. The largest absolute Gasteiger partial charge is 0.497 e. The summed E-state index contributed by atoms with van der Waals surface area (Å²) < 4.78 is 5.22. The first-order chi connectivity index (χ1) is 15.0. The van der Waals surface area contributed by atoms with Crippen molar-refractivity contribution in [3.8, 4) is 17.0 Å². The van der Waals surface area contributed by atoms with Gasteiger partial charge in [0.2, 0.25) is 11.8 Å². The SMILES string of the molecule is COc1ccc(-c2cc(N3CCC(C(=O)N4CCN(C(C)=O)CC4)CC3)ncn2)cc1. The molecule has 1 aromatic heterocycles. The molecule has 31 heavy (non-hydrogen) atoms. The Morgan fingerprint density at radius 1 is 0.935 bits per heavy atom. The summed E-state index contributed by atoms with van der Waals surface area (Å²) in [4.78, 5) is 39.3. The molecule has 0 bridgehead atoms. The van der Waals surface area contributed by atoms with Crippen LogP contribution >= 0.6 is 0 Å². The first kappa shape index (κ1) is 21.1. The van der Waals surface area contributed by atoms with Crippen molar-refractivity contribution in [2.24, 2.45) is 5.92 Å². The second kappa shape index (κ2) is 9.32. The van der Waals surface area contributed by atoms with Crippen LogP contribution < -0.4 is 9.64 Å². The van der Waals surface area contributed by atoms with Crippen LogP contribution in [0, 0.1) is 5.92 Å². The van der Waals surface area contributed by atoms with Gasteiger partial charge in [-0.1, -0.05) is 0 Å². The first-order valence-electron chi connectivity index (χ1n) is 10.8. The molecule has 2 fully saturated rings. The van der Waals surface area contributed by atoms with Crippen LogP contribution in [0.4, 0.5) is 5.82 Å². The van der Waals surface area contributed by atoms with Crippen molar-refractivity contribution in [2.75, 3.05) is 51.3 Å². The minimum Gasteiger partial charge on any atom is -0.497 e. The maximum Gasteiger partial charge on any atom is 0.225 e. The van der Waals surface area contributed by atoms with E-state index in [9.17, 15) is 9.59 Å². The summed E-state index contributed by atoms with van der Waals surface area (Å²) in [5.74, 6) is 2.06. The second-order valence-electron chi connectivity index (χ2n) is 8.08. The molecule has 8 nitrogen and oxygen atoms in total. The molecule has 0 N–H and O–H groups in total. The number of carbonyl (C=O) groups excluding carboxylic acids is 2. The van der Waals surface area contributed by atoms with Gasteiger partial charge in [0.1, 0.15) is 17.9 Å². The number of hydrogen-bond donors (Lipinski definition) is 0. The van der Waals surface area contributed by atoms with Gasteiger partial charge in [-0.3, -0.25) is 9.59 Å². The van der Waals surface area contributed by atoms with Crippen molar-refractivity contribution in [3.05, 3.63) is 36.7 Å². The van der Waals surface area contributed by atoms with Gasteiger partial charge in [0.05, 0.1) is 12.8 Å². The lowest BCUT2D eigenvalue weighted by Crippen LogP contribution is -2.52. The number of carbonyl (C=O) groups is 2. The van der Waals surface area contributed by atoms with Gasteiger partial charge in [-0.25, -0.2) is 9.97 Å². The minimum absolute atomic E-state index is 0.0445. The highest BCUT2D eigenvalue weighted by atomic mass is 16.5. The Labute approximate surface area is 182 Å². The van der Waals surface area contributed by atoms with Crippen molar-refractivity contribution in [2.45, 2.75) is 19.8 Å². The molecule has 0 unspecified atom stereocenters. The number of piperidine rings is 1. The molecule has 2 saturated heterocycles. The van der Waals surface area contributed by atoms with E-state index in [1.807, 2.05) is 40.1 Å². The standard InChI is InChI=1S/C23H29N5O3/c1-17(29)26-11-13-28(14-12-26)23(30)19-7-9-27(10-8-19)22-15-21(24-16-25-22)18-3-5-20(31-2)6-4-18/h3-6,15-16,19H,7-14H2,1-2H3. The van der Waals surface area contributed by atoms with Crippen LogP contribution in [0.2, 0.25) is 0 Å². The van der Waals surface area contributed by atoms with Gasteiger partial charge in [0.25, 0.3) is 0 Å². The number of rotatable bonds is 4. The van der Waals surface area contributed by atoms with Crippen molar-refractivity contribution in [1.29, 1.82) is 0 Å². The number of anilines is 1. The third-order valence-electron chi connectivity index (χ3n) is 6.24. The molecule has 8 heteroatoms. The van der Waals surface area contributed by atoms with Gasteiger partial charge >= 0.3 is 0 Å². The molecule has 2 amide bonds. The smallest absolute Gasteiger partial charge is 0.225 e. The molecule has 0 radical (unpaired) electrons. The molecule has 0 aliphatic carbocycles. The number of methoxy groups -OCH3 is 1. The summed E-state index contributed by atoms with van der Waals surface area (Å²) in [6.45, 7) is 5.71. The molecule has 2 aliphatic heterocycles. The number of benzene rings is 1. The van der Waals surface area contributed by atoms with Crippen LogP contribution in [-0.4, -0.2) is 78.0 Å². The molecule has 0 atom stereocenters. The molecule has 164 valence electrons. The fourth-order valence-corrected chi connectivity index (χ4v) is 4.30. The summed E-state index contributed by atoms with van der Waals surface area (Å²) in [5, 5.41) is 0. The Kier molecular flexibility index (Phi) is 6.34. The van der Waals surface area contributed by atoms with Crippen molar-refractivity contribution in [1.82, 2.24) is 19.8 Å². The van der Waals surface area contributed by atoms with E-state index in [2.05, 4.69) is 14.9 Å². The molecule has 0 saturated carbocycles. The van der Waals surface area contributed by atoms with E-state index in [1.165, 1.54) is 0 Å². The van der Waals surface area contributed by atoms with Gasteiger partial charge in [0.15, 0.2) is 0 Å². The summed E-state index contributed by atoms with van der Waals surface area (Å²) in [5.41, 5.74) is 1.88. The van der Waals surface area contributed by atoms with Gasteiger partial charge < -0.3 is 19.4 Å².